The van der Waals surface area contributed by atoms with Crippen molar-refractivity contribution in [2.45, 2.75) is 38.8 Å². The highest BCUT2D eigenvalue weighted by atomic mass is 16.1. The maximum absolute atomic E-state index is 13.1. The molecular formula is C26H31N3O. The summed E-state index contributed by atoms with van der Waals surface area (Å²) in [5.41, 5.74) is 3.89. The number of carbonyl (C=O) groups is 1. The van der Waals surface area contributed by atoms with E-state index < -0.39 is 0 Å². The predicted octanol–water partition coefficient (Wildman–Crippen LogP) is 5.15. The Morgan fingerprint density at radius 2 is 1.77 bits per heavy atom. The molecule has 0 aliphatic carbocycles. The van der Waals surface area contributed by atoms with Crippen LogP contribution in [0.2, 0.25) is 0 Å². The van der Waals surface area contributed by atoms with Gasteiger partial charge in [-0.05, 0) is 80.9 Å². The fourth-order valence-electron chi connectivity index (χ4n) is 4.33. The third-order valence-corrected chi connectivity index (χ3v) is 6.21. The lowest BCUT2D eigenvalue weighted by Gasteiger charge is -2.30. The fraction of sp³-hybridized carbons (Fsp3) is 0.346. The van der Waals surface area contributed by atoms with Crippen LogP contribution in [-0.4, -0.2) is 37.0 Å². The number of amides is 1. The van der Waals surface area contributed by atoms with Crippen molar-refractivity contribution in [1.29, 1.82) is 0 Å². The molecule has 0 bridgehead atoms. The Bertz CT molecular complexity index is 1030. The second-order valence-corrected chi connectivity index (χ2v) is 8.52. The summed E-state index contributed by atoms with van der Waals surface area (Å²) >= 11 is 0. The molecule has 0 radical (unpaired) electrons. The quantitative estimate of drug-likeness (QED) is 0.622. The molecule has 4 heteroatoms. The minimum absolute atomic E-state index is 0.0278. The van der Waals surface area contributed by atoms with Crippen LogP contribution in [0.25, 0.3) is 10.8 Å². The summed E-state index contributed by atoms with van der Waals surface area (Å²) in [6.45, 7) is 6.27. The Balaban J connectivity index is 1.50. The standard InChI is InChI=1S/C26H31N3O/c1-18-11-12-22(28-21-13-15-29(3)16-14-21)17-25(18)26(30)27-19(2)23-10-6-8-20-7-4-5-9-24(20)23/h4-12,17,19,21,28H,13-16H2,1-3H3,(H,27,30). The van der Waals surface area contributed by atoms with Crippen LogP contribution < -0.4 is 10.6 Å². The van der Waals surface area contributed by atoms with Crippen LogP contribution in [0.3, 0.4) is 0 Å². The molecule has 1 aliphatic rings. The number of rotatable bonds is 5. The van der Waals surface area contributed by atoms with E-state index in [0.29, 0.717) is 6.04 Å². The van der Waals surface area contributed by atoms with Crippen molar-refractivity contribution in [1.82, 2.24) is 10.2 Å². The van der Waals surface area contributed by atoms with Crippen LogP contribution in [0, 0.1) is 6.92 Å². The minimum atomic E-state index is -0.0755. The average Bonchev–Trinajstić information content (AvgIpc) is 2.76. The lowest BCUT2D eigenvalue weighted by Crippen LogP contribution is -2.36. The number of nitrogens with one attached hydrogen (secondary N) is 2. The van der Waals surface area contributed by atoms with Gasteiger partial charge in [-0.25, -0.2) is 0 Å². The summed E-state index contributed by atoms with van der Waals surface area (Å²) in [5, 5.41) is 9.21. The van der Waals surface area contributed by atoms with Crippen molar-refractivity contribution in [3.05, 3.63) is 77.4 Å². The zero-order chi connectivity index (χ0) is 21.1. The summed E-state index contributed by atoms with van der Waals surface area (Å²) in [4.78, 5) is 15.5. The van der Waals surface area contributed by atoms with Crippen molar-refractivity contribution in [2.24, 2.45) is 0 Å². The molecule has 1 amide bonds. The summed E-state index contributed by atoms with van der Waals surface area (Å²) in [7, 11) is 2.17. The largest absolute Gasteiger partial charge is 0.382 e. The monoisotopic (exact) mass is 401 g/mol. The topological polar surface area (TPSA) is 44.4 Å². The number of carbonyl (C=O) groups excluding carboxylic acids is 1. The molecule has 4 nitrogen and oxygen atoms in total. The second-order valence-electron chi connectivity index (χ2n) is 8.52. The molecule has 1 saturated heterocycles. The Kier molecular flexibility index (Phi) is 6.05. The Morgan fingerprint density at radius 1 is 1.03 bits per heavy atom. The molecule has 1 fully saturated rings. The van der Waals surface area contributed by atoms with Crippen molar-refractivity contribution in [3.63, 3.8) is 0 Å². The highest BCUT2D eigenvalue weighted by Crippen LogP contribution is 2.25. The first-order chi connectivity index (χ1) is 14.5. The van der Waals surface area contributed by atoms with Gasteiger partial charge in [0.15, 0.2) is 0 Å². The van der Waals surface area contributed by atoms with Gasteiger partial charge in [0.1, 0.15) is 0 Å². The first-order valence-corrected chi connectivity index (χ1v) is 10.9. The summed E-state index contributed by atoms with van der Waals surface area (Å²) in [6, 6.07) is 21.1. The van der Waals surface area contributed by atoms with E-state index in [9.17, 15) is 4.79 Å². The van der Waals surface area contributed by atoms with Gasteiger partial charge in [0.2, 0.25) is 0 Å². The van der Waals surface area contributed by atoms with E-state index >= 15 is 0 Å². The SMILES string of the molecule is Cc1ccc(NC2CCN(C)CC2)cc1C(=O)NC(C)c1cccc2ccccc12. The van der Waals surface area contributed by atoms with Gasteiger partial charge in [-0.2, -0.15) is 0 Å². The summed E-state index contributed by atoms with van der Waals surface area (Å²) in [6.07, 6.45) is 2.26. The number of fused-ring (bicyclic) bond motifs is 1. The molecule has 1 aliphatic heterocycles. The number of piperidine rings is 1. The number of anilines is 1. The normalized spacial score (nSPS) is 16.4. The summed E-state index contributed by atoms with van der Waals surface area (Å²) in [5.74, 6) is -0.0278. The molecule has 30 heavy (non-hydrogen) atoms. The molecule has 3 aromatic rings. The molecule has 0 spiro atoms. The number of nitrogens with zero attached hydrogens (tertiary/aromatic N) is 1. The predicted molar refractivity (Wildman–Crippen MR) is 125 cm³/mol. The number of benzene rings is 3. The minimum Gasteiger partial charge on any atom is -0.382 e. The van der Waals surface area contributed by atoms with Crippen LogP contribution in [-0.2, 0) is 0 Å². The van der Waals surface area contributed by atoms with Gasteiger partial charge < -0.3 is 15.5 Å². The van der Waals surface area contributed by atoms with Crippen LogP contribution >= 0.6 is 0 Å². The molecule has 0 aromatic heterocycles. The third kappa shape index (κ3) is 4.49. The zero-order valence-corrected chi connectivity index (χ0v) is 18.1. The van der Waals surface area contributed by atoms with E-state index in [-0.39, 0.29) is 11.9 Å². The van der Waals surface area contributed by atoms with Crippen molar-refractivity contribution in [3.8, 4) is 0 Å². The van der Waals surface area contributed by atoms with Crippen LogP contribution in [0.4, 0.5) is 5.69 Å². The average molecular weight is 402 g/mol. The van der Waals surface area contributed by atoms with Crippen LogP contribution in [0.1, 0.15) is 47.3 Å². The highest BCUT2D eigenvalue weighted by molar-refractivity contribution is 5.97. The molecule has 2 N–H and O–H groups in total. The molecule has 1 unspecified atom stereocenters. The molecule has 156 valence electrons. The van der Waals surface area contributed by atoms with E-state index in [1.54, 1.807) is 0 Å². The number of aryl methyl sites for hydroxylation is 1. The van der Waals surface area contributed by atoms with Crippen LogP contribution in [0.15, 0.2) is 60.7 Å². The third-order valence-electron chi connectivity index (χ3n) is 6.21. The van der Waals surface area contributed by atoms with E-state index in [2.05, 4.69) is 65.9 Å². The van der Waals surface area contributed by atoms with Crippen molar-refractivity contribution < 1.29 is 4.79 Å². The first kappa shape index (κ1) is 20.4. The fourth-order valence-corrected chi connectivity index (χ4v) is 4.33. The molecule has 0 saturated carbocycles. The van der Waals surface area contributed by atoms with Crippen molar-refractivity contribution >= 4 is 22.4 Å². The Hall–Kier alpha value is -2.85. The van der Waals surface area contributed by atoms with Gasteiger partial charge in [-0.3, -0.25) is 4.79 Å². The van der Waals surface area contributed by atoms with E-state index in [4.69, 9.17) is 0 Å². The lowest BCUT2D eigenvalue weighted by atomic mass is 9.99. The van der Waals surface area contributed by atoms with Gasteiger partial charge in [-0.15, -0.1) is 0 Å². The summed E-state index contributed by atoms with van der Waals surface area (Å²) < 4.78 is 0. The first-order valence-electron chi connectivity index (χ1n) is 10.9. The van der Waals surface area contributed by atoms with E-state index in [1.807, 2.05) is 31.2 Å². The van der Waals surface area contributed by atoms with Crippen LogP contribution in [0.5, 0.6) is 0 Å². The highest BCUT2D eigenvalue weighted by Gasteiger charge is 2.19. The smallest absolute Gasteiger partial charge is 0.252 e. The van der Waals surface area contributed by atoms with E-state index in [0.717, 1.165) is 48.3 Å². The second kappa shape index (κ2) is 8.88. The molecule has 1 atom stereocenters. The van der Waals surface area contributed by atoms with E-state index in [1.165, 1.54) is 10.8 Å². The Labute approximate surface area is 179 Å². The Morgan fingerprint density at radius 3 is 2.57 bits per heavy atom. The van der Waals surface area contributed by atoms with Crippen molar-refractivity contribution in [2.75, 3.05) is 25.5 Å². The molecule has 1 heterocycles. The molecule has 4 rings (SSSR count). The molecular weight excluding hydrogens is 370 g/mol. The van der Waals surface area contributed by atoms with Gasteiger partial charge in [0, 0.05) is 17.3 Å². The van der Waals surface area contributed by atoms with Gasteiger partial charge in [-0.1, -0.05) is 48.5 Å². The van der Waals surface area contributed by atoms with Gasteiger partial charge in [0.25, 0.3) is 5.91 Å². The van der Waals surface area contributed by atoms with Gasteiger partial charge in [0.05, 0.1) is 6.04 Å². The zero-order valence-electron chi connectivity index (χ0n) is 18.1. The number of likely N-dealkylation sites (tertiary alicyclic amines) is 1. The molecule has 3 aromatic carbocycles. The lowest BCUT2D eigenvalue weighted by molar-refractivity contribution is 0.0939. The number of hydrogen-bond donors (Lipinski definition) is 2. The number of hydrogen-bond acceptors (Lipinski definition) is 3. The maximum Gasteiger partial charge on any atom is 0.252 e. The van der Waals surface area contributed by atoms with Gasteiger partial charge >= 0.3 is 0 Å². The maximum atomic E-state index is 13.1.